The van der Waals surface area contributed by atoms with Crippen molar-refractivity contribution in [3.63, 3.8) is 0 Å². The van der Waals surface area contributed by atoms with E-state index in [1.807, 2.05) is 0 Å². The fourth-order valence-electron chi connectivity index (χ4n) is 1.57. The van der Waals surface area contributed by atoms with E-state index >= 15 is 0 Å². The maximum absolute atomic E-state index is 12.0. The second kappa shape index (κ2) is 6.72. The molecule has 0 radical (unpaired) electrons. The fourth-order valence-corrected chi connectivity index (χ4v) is 1.57. The van der Waals surface area contributed by atoms with Crippen LogP contribution in [-0.4, -0.2) is 35.1 Å². The number of carboxylic acids is 1. The highest BCUT2D eigenvalue weighted by atomic mass is 16.5. The number of rotatable bonds is 6. The Balaban J connectivity index is 2.70. The van der Waals surface area contributed by atoms with Crippen LogP contribution >= 0.6 is 0 Å². The van der Waals surface area contributed by atoms with E-state index in [0.29, 0.717) is 12.0 Å². The van der Waals surface area contributed by atoms with Gasteiger partial charge in [0.25, 0.3) is 5.91 Å². The number of aromatic nitrogens is 1. The molecule has 1 aromatic heterocycles. The molecule has 0 aliphatic rings. The molecule has 0 aliphatic heterocycles. The topological polar surface area (TPSA) is 88.5 Å². The molecule has 2 N–H and O–H groups in total. The molecule has 6 nitrogen and oxygen atoms in total. The number of hydrogen-bond acceptors (Lipinski definition) is 4. The van der Waals surface area contributed by atoms with Crippen LogP contribution in [0, 0.1) is 6.92 Å². The number of aliphatic carboxylic acids is 1. The summed E-state index contributed by atoms with van der Waals surface area (Å²) in [5.41, 5.74) is 1.10. The third-order valence-corrected chi connectivity index (χ3v) is 2.61. The molecule has 19 heavy (non-hydrogen) atoms. The summed E-state index contributed by atoms with van der Waals surface area (Å²) in [5.74, 6) is -0.930. The standard InChI is InChI=1S/C13H18N2O4/c1-8(5-7-11(16)17)14-12(18)10-6-4-9(2)15-13(10)19-3/h4,6,8H,5,7H2,1-3H3,(H,14,18)(H,16,17). The van der Waals surface area contributed by atoms with Crippen LogP contribution < -0.4 is 10.1 Å². The summed E-state index contributed by atoms with van der Waals surface area (Å²) in [6.07, 6.45) is 0.396. The lowest BCUT2D eigenvalue weighted by Crippen LogP contribution is -2.33. The number of nitrogens with one attached hydrogen (secondary N) is 1. The lowest BCUT2D eigenvalue weighted by atomic mass is 10.1. The third-order valence-electron chi connectivity index (χ3n) is 2.61. The first kappa shape index (κ1) is 14.9. The Morgan fingerprint density at radius 1 is 1.47 bits per heavy atom. The average Bonchev–Trinajstić information content (AvgIpc) is 2.35. The third kappa shape index (κ3) is 4.57. The van der Waals surface area contributed by atoms with Gasteiger partial charge in [-0.2, -0.15) is 0 Å². The molecule has 1 rings (SSSR count). The monoisotopic (exact) mass is 266 g/mol. The molecule has 1 heterocycles. The first-order valence-corrected chi connectivity index (χ1v) is 5.98. The van der Waals surface area contributed by atoms with Gasteiger partial charge >= 0.3 is 5.97 Å². The normalized spacial score (nSPS) is 11.7. The van der Waals surface area contributed by atoms with E-state index in [2.05, 4.69) is 10.3 Å². The summed E-state index contributed by atoms with van der Waals surface area (Å²) >= 11 is 0. The fraction of sp³-hybridized carbons (Fsp3) is 0.462. The van der Waals surface area contributed by atoms with Gasteiger partial charge in [-0.3, -0.25) is 9.59 Å². The van der Waals surface area contributed by atoms with Gasteiger partial charge in [0.15, 0.2) is 0 Å². The van der Waals surface area contributed by atoms with Gasteiger partial charge in [-0.05, 0) is 32.4 Å². The van der Waals surface area contributed by atoms with Gasteiger partial charge in [0.2, 0.25) is 5.88 Å². The second-order valence-electron chi connectivity index (χ2n) is 4.32. The smallest absolute Gasteiger partial charge is 0.303 e. The van der Waals surface area contributed by atoms with Crippen molar-refractivity contribution in [1.29, 1.82) is 0 Å². The van der Waals surface area contributed by atoms with Crippen LogP contribution in [-0.2, 0) is 4.79 Å². The van der Waals surface area contributed by atoms with Crippen molar-refractivity contribution in [3.8, 4) is 5.88 Å². The molecule has 0 bridgehead atoms. The van der Waals surface area contributed by atoms with E-state index in [1.54, 1.807) is 26.0 Å². The van der Waals surface area contributed by atoms with Crippen LogP contribution in [0.2, 0.25) is 0 Å². The van der Waals surface area contributed by atoms with Gasteiger partial charge in [-0.15, -0.1) is 0 Å². The van der Waals surface area contributed by atoms with Crippen molar-refractivity contribution in [2.24, 2.45) is 0 Å². The molecule has 0 fully saturated rings. The van der Waals surface area contributed by atoms with Crippen LogP contribution in [0.1, 0.15) is 35.8 Å². The molecule has 0 spiro atoms. The lowest BCUT2D eigenvalue weighted by molar-refractivity contribution is -0.137. The number of carbonyl (C=O) groups is 2. The molecule has 1 aromatic rings. The van der Waals surface area contributed by atoms with E-state index in [1.165, 1.54) is 7.11 Å². The zero-order valence-corrected chi connectivity index (χ0v) is 11.3. The molecule has 6 heteroatoms. The number of amides is 1. The van der Waals surface area contributed by atoms with Gasteiger partial charge in [-0.25, -0.2) is 4.98 Å². The second-order valence-corrected chi connectivity index (χ2v) is 4.32. The summed E-state index contributed by atoms with van der Waals surface area (Å²) in [5, 5.41) is 11.3. The van der Waals surface area contributed by atoms with E-state index in [4.69, 9.17) is 9.84 Å². The minimum absolute atomic E-state index is 0.0186. The number of pyridine rings is 1. The number of ether oxygens (including phenoxy) is 1. The van der Waals surface area contributed by atoms with Gasteiger partial charge in [-0.1, -0.05) is 0 Å². The predicted octanol–water partition coefficient (Wildman–Crippen LogP) is 1.38. The maximum atomic E-state index is 12.0. The van der Waals surface area contributed by atoms with Crippen molar-refractivity contribution >= 4 is 11.9 Å². The zero-order chi connectivity index (χ0) is 14.4. The van der Waals surface area contributed by atoms with E-state index in [-0.39, 0.29) is 24.2 Å². The molecule has 0 aromatic carbocycles. The quantitative estimate of drug-likeness (QED) is 0.812. The molecule has 0 saturated heterocycles. The predicted molar refractivity (Wildman–Crippen MR) is 69.3 cm³/mol. The van der Waals surface area contributed by atoms with Crippen LogP contribution in [0.4, 0.5) is 0 Å². The molecule has 1 amide bonds. The Kier molecular flexibility index (Phi) is 5.29. The van der Waals surface area contributed by atoms with E-state index < -0.39 is 5.97 Å². The van der Waals surface area contributed by atoms with Crippen LogP contribution in [0.3, 0.4) is 0 Å². The number of aryl methyl sites for hydroxylation is 1. The van der Waals surface area contributed by atoms with Crippen molar-refractivity contribution in [2.45, 2.75) is 32.7 Å². The SMILES string of the molecule is COc1nc(C)ccc1C(=O)NC(C)CCC(=O)O. The summed E-state index contributed by atoms with van der Waals surface area (Å²) in [6.45, 7) is 3.56. The Hall–Kier alpha value is -2.11. The van der Waals surface area contributed by atoms with Gasteiger partial charge in [0.05, 0.1) is 7.11 Å². The summed E-state index contributed by atoms with van der Waals surface area (Å²) in [4.78, 5) is 26.6. The molecule has 1 unspecified atom stereocenters. The highest BCUT2D eigenvalue weighted by molar-refractivity contribution is 5.96. The maximum Gasteiger partial charge on any atom is 0.303 e. The highest BCUT2D eigenvalue weighted by Crippen LogP contribution is 2.15. The van der Waals surface area contributed by atoms with Gasteiger partial charge < -0.3 is 15.2 Å². The average molecular weight is 266 g/mol. The highest BCUT2D eigenvalue weighted by Gasteiger charge is 2.16. The number of methoxy groups -OCH3 is 1. The summed E-state index contributed by atoms with van der Waals surface area (Å²) in [7, 11) is 1.45. The number of carboxylic acid groups (broad SMARTS) is 1. The molecule has 0 saturated carbocycles. The Labute approximate surface area is 111 Å². The minimum Gasteiger partial charge on any atom is -0.481 e. The first-order chi connectivity index (χ1) is 8.93. The molecular weight excluding hydrogens is 248 g/mol. The van der Waals surface area contributed by atoms with E-state index in [0.717, 1.165) is 5.69 Å². The van der Waals surface area contributed by atoms with Crippen LogP contribution in [0.25, 0.3) is 0 Å². The first-order valence-electron chi connectivity index (χ1n) is 5.98. The molecule has 104 valence electrons. The Morgan fingerprint density at radius 3 is 2.74 bits per heavy atom. The van der Waals surface area contributed by atoms with Crippen molar-refractivity contribution in [2.75, 3.05) is 7.11 Å². The zero-order valence-electron chi connectivity index (χ0n) is 11.3. The Bertz CT molecular complexity index is 474. The summed E-state index contributed by atoms with van der Waals surface area (Å²) in [6, 6.07) is 3.13. The van der Waals surface area contributed by atoms with Gasteiger partial charge in [0.1, 0.15) is 5.56 Å². The van der Waals surface area contributed by atoms with Crippen molar-refractivity contribution in [3.05, 3.63) is 23.4 Å². The number of nitrogens with zero attached hydrogens (tertiary/aromatic N) is 1. The minimum atomic E-state index is -0.879. The van der Waals surface area contributed by atoms with Crippen molar-refractivity contribution < 1.29 is 19.4 Å². The molecular formula is C13H18N2O4. The lowest BCUT2D eigenvalue weighted by Gasteiger charge is -2.14. The Morgan fingerprint density at radius 2 is 2.16 bits per heavy atom. The van der Waals surface area contributed by atoms with E-state index in [9.17, 15) is 9.59 Å². The summed E-state index contributed by atoms with van der Waals surface area (Å²) < 4.78 is 5.06. The van der Waals surface area contributed by atoms with Crippen molar-refractivity contribution in [1.82, 2.24) is 10.3 Å². The van der Waals surface area contributed by atoms with Crippen LogP contribution in [0.15, 0.2) is 12.1 Å². The largest absolute Gasteiger partial charge is 0.481 e. The number of hydrogen-bond donors (Lipinski definition) is 2. The van der Waals surface area contributed by atoms with Gasteiger partial charge in [0, 0.05) is 18.2 Å². The van der Waals surface area contributed by atoms with Crippen LogP contribution in [0.5, 0.6) is 5.88 Å². The molecule has 1 atom stereocenters. The molecule has 0 aliphatic carbocycles. The number of carbonyl (C=O) groups excluding carboxylic acids is 1.